The van der Waals surface area contributed by atoms with E-state index in [-0.39, 0.29) is 0 Å². The Morgan fingerprint density at radius 2 is 2.33 bits per heavy atom. The molecule has 0 amide bonds. The van der Waals surface area contributed by atoms with Crippen molar-refractivity contribution < 1.29 is 0 Å². The summed E-state index contributed by atoms with van der Waals surface area (Å²) in [6.45, 7) is 3.23. The fourth-order valence-electron chi connectivity index (χ4n) is 0.0668. The predicted octanol–water partition coefficient (Wildman–Crippen LogP) is 2.40. The number of rotatable bonds is 0. The van der Waals surface area contributed by atoms with Crippen LogP contribution in [-0.4, -0.2) is 0 Å². The molecule has 0 aromatic rings. The van der Waals surface area contributed by atoms with Gasteiger partial charge in [0.15, 0.2) is 0 Å². The van der Waals surface area contributed by atoms with Gasteiger partial charge in [-0.3, -0.25) is 0 Å². The molecule has 0 rings (SSSR count). The molecule has 0 aromatic carbocycles. The Labute approximate surface area is 49.9 Å². The SMILES string of the molecule is C=C=C=C(Cl)Br. The van der Waals surface area contributed by atoms with Crippen molar-refractivity contribution in [3.8, 4) is 0 Å². The van der Waals surface area contributed by atoms with Crippen LogP contribution in [0.25, 0.3) is 0 Å². The molecule has 0 radical (unpaired) electrons. The van der Waals surface area contributed by atoms with Gasteiger partial charge in [0.25, 0.3) is 0 Å². The van der Waals surface area contributed by atoms with Crippen LogP contribution in [0.5, 0.6) is 0 Å². The van der Waals surface area contributed by atoms with E-state index in [0.717, 1.165) is 0 Å². The van der Waals surface area contributed by atoms with Crippen molar-refractivity contribution in [2.45, 2.75) is 0 Å². The van der Waals surface area contributed by atoms with Gasteiger partial charge in [0.1, 0.15) is 3.94 Å². The Hall–Kier alpha value is 0.0700. The molecule has 32 valence electrons. The molecule has 0 aliphatic rings. The minimum Gasteiger partial charge on any atom is -0.0760 e. The zero-order valence-corrected chi connectivity index (χ0v) is 5.30. The zero-order chi connectivity index (χ0) is 4.99. The summed E-state index contributed by atoms with van der Waals surface area (Å²) in [4.78, 5) is 0. The molecule has 0 unspecified atom stereocenters. The lowest BCUT2D eigenvalue weighted by molar-refractivity contribution is 2.28. The first-order valence-corrected chi connectivity index (χ1v) is 2.40. The van der Waals surface area contributed by atoms with E-state index in [0.29, 0.717) is 3.94 Å². The van der Waals surface area contributed by atoms with Crippen molar-refractivity contribution in [1.29, 1.82) is 0 Å². The summed E-state index contributed by atoms with van der Waals surface area (Å²) in [7, 11) is 0. The third-order valence-electron chi connectivity index (χ3n) is 0.183. The smallest absolute Gasteiger partial charge is 0.0760 e. The lowest BCUT2D eigenvalue weighted by atomic mass is 10.9. The molecule has 6 heavy (non-hydrogen) atoms. The molecular formula is C4H2BrCl. The standard InChI is InChI=1S/C4H2BrCl/c1-2-3-4(5)6/h1H2. The van der Waals surface area contributed by atoms with Crippen molar-refractivity contribution in [3.05, 3.63) is 22.0 Å². The molecule has 0 aliphatic carbocycles. The highest BCUT2D eigenvalue weighted by molar-refractivity contribution is 9.12. The summed E-state index contributed by atoms with van der Waals surface area (Å²) < 4.78 is 0.400. The second-order valence-corrected chi connectivity index (χ2v) is 2.19. The number of halogens is 2. The third-order valence-corrected chi connectivity index (χ3v) is 0.476. The lowest BCUT2D eigenvalue weighted by Crippen LogP contribution is -1.30. The highest BCUT2D eigenvalue weighted by atomic mass is 79.9. The van der Waals surface area contributed by atoms with Gasteiger partial charge in [0.2, 0.25) is 0 Å². The monoisotopic (exact) mass is 164 g/mol. The Kier molecular flexibility index (Phi) is 3.31. The number of hydrogen-bond acceptors (Lipinski definition) is 0. The van der Waals surface area contributed by atoms with Crippen molar-refractivity contribution in [2.75, 3.05) is 0 Å². The van der Waals surface area contributed by atoms with Crippen LogP contribution in [0.3, 0.4) is 0 Å². The molecule has 0 spiro atoms. The summed E-state index contributed by atoms with van der Waals surface area (Å²) in [5, 5.41) is 0. The highest BCUT2D eigenvalue weighted by Gasteiger charge is 1.67. The van der Waals surface area contributed by atoms with Gasteiger partial charge in [0.05, 0.1) is 0 Å². The van der Waals surface area contributed by atoms with E-state index in [1.807, 2.05) is 0 Å². The Balaban J connectivity index is 4.13. The minimum atomic E-state index is 0.400. The summed E-state index contributed by atoms with van der Waals surface area (Å²) in [5.74, 6) is 0. The average Bonchev–Trinajstić information content (AvgIpc) is 1.35. The molecule has 0 nitrogen and oxygen atoms in total. The van der Waals surface area contributed by atoms with Crippen LogP contribution >= 0.6 is 27.5 Å². The molecule has 0 N–H and O–H groups in total. The van der Waals surface area contributed by atoms with Gasteiger partial charge in [-0.1, -0.05) is 17.3 Å². The molecule has 2 heteroatoms. The predicted molar refractivity (Wildman–Crippen MR) is 30.9 cm³/mol. The van der Waals surface area contributed by atoms with Crippen LogP contribution < -0.4 is 0 Å². The molecule has 0 heterocycles. The van der Waals surface area contributed by atoms with Crippen LogP contribution in [0.1, 0.15) is 0 Å². The number of hydrogen-bond donors (Lipinski definition) is 0. The summed E-state index contributed by atoms with van der Waals surface area (Å²) in [6, 6.07) is 0. The van der Waals surface area contributed by atoms with E-state index in [4.69, 9.17) is 11.6 Å². The maximum Gasteiger partial charge on any atom is 0.133 e. The van der Waals surface area contributed by atoms with Crippen LogP contribution in [0.15, 0.2) is 22.0 Å². The molecule has 0 aliphatic heterocycles. The van der Waals surface area contributed by atoms with Crippen LogP contribution in [0.4, 0.5) is 0 Å². The van der Waals surface area contributed by atoms with E-state index in [1.54, 1.807) is 0 Å². The third kappa shape index (κ3) is 4.07. The van der Waals surface area contributed by atoms with Gasteiger partial charge in [-0.15, -0.1) is 0 Å². The Morgan fingerprint density at radius 1 is 1.83 bits per heavy atom. The highest BCUT2D eigenvalue weighted by Crippen LogP contribution is 2.05. The van der Waals surface area contributed by atoms with Crippen LogP contribution in [-0.2, 0) is 0 Å². The minimum absolute atomic E-state index is 0.400. The quantitative estimate of drug-likeness (QED) is 0.484. The Bertz CT molecular complexity index is 112. The normalized spacial score (nSPS) is 5.67. The van der Waals surface area contributed by atoms with Crippen LogP contribution in [0.2, 0.25) is 0 Å². The van der Waals surface area contributed by atoms with Gasteiger partial charge in [-0.25, -0.2) is 0 Å². The van der Waals surface area contributed by atoms with Crippen molar-refractivity contribution >= 4 is 27.5 Å². The van der Waals surface area contributed by atoms with Gasteiger partial charge in [0, 0.05) is 0 Å². The Morgan fingerprint density at radius 3 is 2.33 bits per heavy atom. The molecule has 0 atom stereocenters. The maximum atomic E-state index is 5.20. The second-order valence-electron chi connectivity index (χ2n) is 0.562. The second kappa shape index (κ2) is 3.27. The fourth-order valence-corrected chi connectivity index (χ4v) is 0.274. The van der Waals surface area contributed by atoms with Crippen LogP contribution in [0, 0.1) is 0 Å². The van der Waals surface area contributed by atoms with E-state index >= 15 is 0 Å². The van der Waals surface area contributed by atoms with Crippen molar-refractivity contribution in [1.82, 2.24) is 0 Å². The van der Waals surface area contributed by atoms with Gasteiger partial charge in [-0.05, 0) is 28.2 Å². The zero-order valence-electron chi connectivity index (χ0n) is 2.96. The maximum absolute atomic E-state index is 5.20. The van der Waals surface area contributed by atoms with E-state index in [2.05, 4.69) is 34.0 Å². The topological polar surface area (TPSA) is 0 Å². The van der Waals surface area contributed by atoms with Gasteiger partial charge in [-0.2, -0.15) is 0 Å². The van der Waals surface area contributed by atoms with E-state index < -0.39 is 0 Å². The molecular weight excluding hydrogens is 163 g/mol. The first kappa shape index (κ1) is 6.07. The van der Waals surface area contributed by atoms with Crippen molar-refractivity contribution in [2.24, 2.45) is 0 Å². The largest absolute Gasteiger partial charge is 0.133 e. The first-order valence-electron chi connectivity index (χ1n) is 1.23. The lowest BCUT2D eigenvalue weighted by Gasteiger charge is -1.60. The first-order chi connectivity index (χ1) is 2.77. The summed E-state index contributed by atoms with van der Waals surface area (Å²) in [5.41, 5.74) is 4.80. The summed E-state index contributed by atoms with van der Waals surface area (Å²) in [6.07, 6.45) is 0. The van der Waals surface area contributed by atoms with Gasteiger partial charge < -0.3 is 0 Å². The fraction of sp³-hybridized carbons (Fsp3) is 0. The van der Waals surface area contributed by atoms with Crippen molar-refractivity contribution in [3.63, 3.8) is 0 Å². The molecule has 0 saturated carbocycles. The average molecular weight is 165 g/mol. The van der Waals surface area contributed by atoms with E-state index in [9.17, 15) is 0 Å². The summed E-state index contributed by atoms with van der Waals surface area (Å²) >= 11 is 8.10. The molecule has 0 aromatic heterocycles. The molecule has 0 saturated heterocycles. The molecule has 0 fully saturated rings. The van der Waals surface area contributed by atoms with E-state index in [1.165, 1.54) is 0 Å². The van der Waals surface area contributed by atoms with Gasteiger partial charge >= 0.3 is 0 Å². The molecule has 0 bridgehead atoms.